The van der Waals surface area contributed by atoms with Crippen LogP contribution in [0.3, 0.4) is 0 Å². The van der Waals surface area contributed by atoms with Crippen LogP contribution < -0.4 is 4.90 Å². The van der Waals surface area contributed by atoms with E-state index in [1.807, 2.05) is 24.3 Å². The standard InChI is InChI=1S/C14H17NO3/c16-14(17)7-10-1-3-11(4-2-10)15-8-13-6-5-12(15)9-18-13/h1-4,12-13H,5-9H2,(H,16,17)/t12-,13-/m0/s1. The highest BCUT2D eigenvalue weighted by Gasteiger charge is 2.34. The Labute approximate surface area is 106 Å². The molecule has 4 heteroatoms. The molecule has 0 saturated carbocycles. The number of ether oxygens (including phenoxy) is 1. The number of hydrogen-bond donors (Lipinski definition) is 1. The van der Waals surface area contributed by atoms with E-state index in [9.17, 15) is 4.79 Å². The molecule has 0 spiro atoms. The topological polar surface area (TPSA) is 49.8 Å². The van der Waals surface area contributed by atoms with Crippen LogP contribution in [0.25, 0.3) is 0 Å². The Morgan fingerprint density at radius 2 is 2.11 bits per heavy atom. The summed E-state index contributed by atoms with van der Waals surface area (Å²) in [5.74, 6) is -0.784. The molecule has 0 aliphatic carbocycles. The van der Waals surface area contributed by atoms with Crippen LogP contribution >= 0.6 is 0 Å². The summed E-state index contributed by atoms with van der Waals surface area (Å²) in [6.07, 6.45) is 2.82. The van der Waals surface area contributed by atoms with Gasteiger partial charge in [-0.2, -0.15) is 0 Å². The molecule has 2 atom stereocenters. The molecule has 3 aliphatic heterocycles. The number of aliphatic carboxylic acids is 1. The summed E-state index contributed by atoms with van der Waals surface area (Å²) in [5, 5.41) is 8.74. The van der Waals surface area contributed by atoms with E-state index in [2.05, 4.69) is 4.90 Å². The fourth-order valence-electron chi connectivity index (χ4n) is 2.85. The summed E-state index contributed by atoms with van der Waals surface area (Å²) in [7, 11) is 0. The van der Waals surface area contributed by atoms with Gasteiger partial charge in [0, 0.05) is 12.2 Å². The molecule has 3 aliphatic rings. The summed E-state index contributed by atoms with van der Waals surface area (Å²) in [6, 6.07) is 8.36. The quantitative estimate of drug-likeness (QED) is 0.883. The molecule has 2 bridgehead atoms. The van der Waals surface area contributed by atoms with Crippen LogP contribution in [0.5, 0.6) is 0 Å². The second kappa shape index (κ2) is 4.61. The largest absolute Gasteiger partial charge is 0.481 e. The lowest BCUT2D eigenvalue weighted by molar-refractivity contribution is -0.136. The Morgan fingerprint density at radius 3 is 2.61 bits per heavy atom. The summed E-state index contributed by atoms with van der Waals surface area (Å²) >= 11 is 0. The van der Waals surface area contributed by atoms with Crippen LogP contribution in [-0.2, 0) is 16.0 Å². The number of benzene rings is 1. The van der Waals surface area contributed by atoms with Gasteiger partial charge in [-0.3, -0.25) is 4.79 Å². The van der Waals surface area contributed by atoms with Crippen LogP contribution in [0, 0.1) is 0 Å². The van der Waals surface area contributed by atoms with Crippen LogP contribution in [0.1, 0.15) is 18.4 Å². The van der Waals surface area contributed by atoms with Crippen molar-refractivity contribution in [2.75, 3.05) is 18.1 Å². The maximum atomic E-state index is 10.6. The van der Waals surface area contributed by atoms with E-state index in [0.717, 1.165) is 25.1 Å². The highest BCUT2D eigenvalue weighted by Crippen LogP contribution is 2.30. The molecule has 4 rings (SSSR count). The van der Waals surface area contributed by atoms with Crippen LogP contribution in [0.15, 0.2) is 24.3 Å². The van der Waals surface area contributed by atoms with E-state index in [1.165, 1.54) is 12.1 Å². The van der Waals surface area contributed by atoms with Gasteiger partial charge in [-0.15, -0.1) is 0 Å². The molecule has 0 radical (unpaired) electrons. The van der Waals surface area contributed by atoms with Crippen molar-refractivity contribution < 1.29 is 14.6 Å². The van der Waals surface area contributed by atoms with Gasteiger partial charge in [-0.05, 0) is 30.5 Å². The van der Waals surface area contributed by atoms with Crippen molar-refractivity contribution in [1.29, 1.82) is 0 Å². The SMILES string of the molecule is O=C(O)Cc1ccc(N2C[C@@H]3CC[C@H]2CO3)cc1. The first-order chi connectivity index (χ1) is 8.72. The van der Waals surface area contributed by atoms with Gasteiger partial charge in [-0.1, -0.05) is 12.1 Å². The second-order valence-corrected chi connectivity index (χ2v) is 5.08. The van der Waals surface area contributed by atoms with E-state index in [0.29, 0.717) is 12.1 Å². The number of nitrogens with zero attached hydrogens (tertiary/aromatic N) is 1. The lowest BCUT2D eigenvalue weighted by atomic mass is 9.96. The number of rotatable bonds is 3. The Bertz CT molecular complexity index is 435. The molecule has 3 saturated heterocycles. The van der Waals surface area contributed by atoms with Crippen molar-refractivity contribution in [3.05, 3.63) is 29.8 Å². The highest BCUT2D eigenvalue weighted by molar-refractivity contribution is 5.70. The number of hydrogen-bond acceptors (Lipinski definition) is 3. The first-order valence-corrected chi connectivity index (χ1v) is 6.41. The molecular formula is C14H17NO3. The average Bonchev–Trinajstić information content (AvgIpc) is 2.40. The monoisotopic (exact) mass is 247 g/mol. The number of morpholine rings is 1. The molecule has 4 nitrogen and oxygen atoms in total. The van der Waals surface area contributed by atoms with Crippen molar-refractivity contribution in [2.45, 2.75) is 31.4 Å². The first kappa shape index (κ1) is 11.5. The van der Waals surface area contributed by atoms with Gasteiger partial charge in [0.15, 0.2) is 0 Å². The average molecular weight is 247 g/mol. The molecule has 0 aromatic heterocycles. The Balaban J connectivity index is 1.74. The molecule has 0 amide bonds. The summed E-state index contributed by atoms with van der Waals surface area (Å²) in [6.45, 7) is 1.78. The summed E-state index contributed by atoms with van der Waals surface area (Å²) in [5.41, 5.74) is 2.03. The maximum absolute atomic E-state index is 10.6. The maximum Gasteiger partial charge on any atom is 0.307 e. The van der Waals surface area contributed by atoms with E-state index in [4.69, 9.17) is 9.84 Å². The van der Waals surface area contributed by atoms with Crippen molar-refractivity contribution in [3.8, 4) is 0 Å². The van der Waals surface area contributed by atoms with Crippen molar-refractivity contribution in [2.24, 2.45) is 0 Å². The number of anilines is 1. The van der Waals surface area contributed by atoms with Gasteiger partial charge in [-0.25, -0.2) is 0 Å². The molecule has 96 valence electrons. The van der Waals surface area contributed by atoms with Gasteiger partial charge in [0.2, 0.25) is 0 Å². The Morgan fingerprint density at radius 1 is 1.33 bits per heavy atom. The molecule has 1 N–H and O–H groups in total. The highest BCUT2D eigenvalue weighted by atomic mass is 16.5. The third-order valence-corrected chi connectivity index (χ3v) is 3.81. The van der Waals surface area contributed by atoms with Gasteiger partial charge < -0.3 is 14.7 Å². The minimum atomic E-state index is -0.784. The smallest absolute Gasteiger partial charge is 0.307 e. The van der Waals surface area contributed by atoms with Crippen LogP contribution in [0.2, 0.25) is 0 Å². The Hall–Kier alpha value is -1.55. The van der Waals surface area contributed by atoms with Crippen molar-refractivity contribution in [3.63, 3.8) is 0 Å². The second-order valence-electron chi connectivity index (χ2n) is 5.08. The number of carboxylic acids is 1. The molecule has 1 aromatic carbocycles. The predicted molar refractivity (Wildman–Crippen MR) is 67.9 cm³/mol. The zero-order chi connectivity index (χ0) is 12.5. The van der Waals surface area contributed by atoms with Crippen LogP contribution in [-0.4, -0.2) is 36.4 Å². The molecule has 18 heavy (non-hydrogen) atoms. The first-order valence-electron chi connectivity index (χ1n) is 6.41. The normalized spacial score (nSPS) is 26.3. The van der Waals surface area contributed by atoms with Crippen LogP contribution in [0.4, 0.5) is 5.69 Å². The number of carbonyl (C=O) groups is 1. The van der Waals surface area contributed by atoms with Crippen molar-refractivity contribution in [1.82, 2.24) is 0 Å². The minimum Gasteiger partial charge on any atom is -0.481 e. The van der Waals surface area contributed by atoms with Gasteiger partial charge in [0.25, 0.3) is 0 Å². The van der Waals surface area contributed by atoms with Gasteiger partial charge in [0.05, 0.1) is 25.2 Å². The lowest BCUT2D eigenvalue weighted by Crippen LogP contribution is -2.54. The van der Waals surface area contributed by atoms with Crippen molar-refractivity contribution >= 4 is 11.7 Å². The van der Waals surface area contributed by atoms with E-state index >= 15 is 0 Å². The fraction of sp³-hybridized carbons (Fsp3) is 0.500. The van der Waals surface area contributed by atoms with Gasteiger partial charge in [0.1, 0.15) is 0 Å². The fourth-order valence-corrected chi connectivity index (χ4v) is 2.85. The molecule has 3 heterocycles. The third kappa shape index (κ3) is 2.20. The summed E-state index contributed by atoms with van der Waals surface area (Å²) in [4.78, 5) is 13.0. The summed E-state index contributed by atoms with van der Waals surface area (Å²) < 4.78 is 5.69. The third-order valence-electron chi connectivity index (χ3n) is 3.81. The van der Waals surface area contributed by atoms with E-state index < -0.39 is 5.97 Å². The zero-order valence-corrected chi connectivity index (χ0v) is 10.2. The molecule has 0 unspecified atom stereocenters. The lowest BCUT2D eigenvalue weighted by Gasteiger charge is -2.46. The number of carboxylic acid groups (broad SMARTS) is 1. The predicted octanol–water partition coefficient (Wildman–Crippen LogP) is 1.68. The van der Waals surface area contributed by atoms with Gasteiger partial charge >= 0.3 is 5.97 Å². The zero-order valence-electron chi connectivity index (χ0n) is 10.2. The number of piperidine rings is 1. The van der Waals surface area contributed by atoms with E-state index in [1.54, 1.807) is 0 Å². The molecule has 3 fully saturated rings. The minimum absolute atomic E-state index is 0.0927. The van der Waals surface area contributed by atoms with E-state index in [-0.39, 0.29) is 6.42 Å². The number of fused-ring (bicyclic) bond motifs is 3. The molecular weight excluding hydrogens is 230 g/mol. The Kier molecular flexibility index (Phi) is 2.96. The molecule has 1 aromatic rings.